The van der Waals surface area contributed by atoms with E-state index in [0.717, 1.165) is 0 Å². The van der Waals surface area contributed by atoms with Gasteiger partial charge in [-0.3, -0.25) is 0 Å². The third kappa shape index (κ3) is 21.5. The Morgan fingerprint density at radius 1 is 0.870 bits per heavy atom. The van der Waals surface area contributed by atoms with E-state index < -0.39 is 13.8 Å². The maximum absolute atomic E-state index is 10.7. The molecule has 1 aromatic rings. The number of benzene rings is 1. The quantitative estimate of drug-likeness (QED) is 0.321. The predicted octanol–water partition coefficient (Wildman–Crippen LogP) is 6.44. The first-order valence-corrected chi connectivity index (χ1v) is 7.78. The zero-order valence-electron chi connectivity index (χ0n) is 11.0. The molecule has 0 aliphatic heterocycles. The number of hydrogen-bond acceptors (Lipinski definition) is 1. The van der Waals surface area contributed by atoms with E-state index in [1.807, 2.05) is 32.1 Å². The van der Waals surface area contributed by atoms with Gasteiger partial charge in [0.25, 0.3) is 0 Å². The number of aromatic carboxylic acids is 1. The van der Waals surface area contributed by atoms with Gasteiger partial charge in [0.2, 0.25) is 0 Å². The predicted molar refractivity (Wildman–Crippen MR) is 73.5 cm³/mol. The Bertz CT molecular complexity index is 486. The van der Waals surface area contributed by atoms with Crippen LogP contribution in [0.15, 0.2) is 24.3 Å². The minimum Gasteiger partial charge on any atom is -0.478 e. The number of hydrogen-bond donors (Lipinski definition) is 1. The molecule has 0 saturated heterocycles. The van der Waals surface area contributed by atoms with Crippen molar-refractivity contribution in [2.75, 3.05) is 0 Å². The molecule has 0 atom stereocenters. The van der Waals surface area contributed by atoms with Crippen molar-refractivity contribution in [3.05, 3.63) is 67.0 Å². The van der Waals surface area contributed by atoms with E-state index in [1.54, 1.807) is 18.2 Å². The Morgan fingerprint density at radius 3 is 1.39 bits per heavy atom. The average molecular weight is 422 g/mol. The van der Waals surface area contributed by atoms with Crippen molar-refractivity contribution >= 4 is 25.4 Å². The van der Waals surface area contributed by atoms with Crippen LogP contribution in [0.5, 0.6) is 0 Å². The van der Waals surface area contributed by atoms with Gasteiger partial charge >= 0.3 is 56.0 Å². The van der Waals surface area contributed by atoms with Crippen molar-refractivity contribution in [3.8, 4) is 0 Å². The monoisotopic (exact) mass is 422 g/mol. The number of carbonyl (C=O) groups is 1. The minimum absolute atomic E-state index is 0. The van der Waals surface area contributed by atoms with Gasteiger partial charge in [0.05, 0.1) is 10.6 Å². The van der Waals surface area contributed by atoms with Crippen molar-refractivity contribution in [2.24, 2.45) is 0 Å². The van der Waals surface area contributed by atoms with Gasteiger partial charge in [0.15, 0.2) is 0 Å². The van der Waals surface area contributed by atoms with Crippen LogP contribution in [0.3, 0.4) is 0 Å². The van der Waals surface area contributed by atoms with Gasteiger partial charge in [-0.1, -0.05) is 23.7 Å². The van der Waals surface area contributed by atoms with E-state index in [1.165, 1.54) is 6.07 Å². The summed E-state index contributed by atoms with van der Waals surface area (Å²) in [6, 6.07) is 6.33. The second kappa shape index (κ2) is 8.56. The first-order chi connectivity index (χ1) is 9.66. The van der Waals surface area contributed by atoms with Crippen molar-refractivity contribution in [3.63, 3.8) is 0 Å². The fraction of sp³-hybridized carbons (Fsp3) is 0. The summed E-state index contributed by atoms with van der Waals surface area (Å²) in [6.45, 7) is 0. The summed E-state index contributed by atoms with van der Waals surface area (Å²) in [7, 11) is -10.7. The van der Waals surface area contributed by atoms with Crippen LogP contribution in [0.4, 0.5) is 25.2 Å². The smallest absolute Gasteiger partial charge is 0.478 e. The third-order valence-corrected chi connectivity index (χ3v) is 1.99. The molecule has 0 heterocycles. The molecular weight excluding hydrogens is 412 g/mol. The summed E-state index contributed by atoms with van der Waals surface area (Å²) in [4.78, 5) is 10.3. The molecular formula is C12H10ClF6FeO2P+. The van der Waals surface area contributed by atoms with E-state index in [4.69, 9.17) is 16.7 Å². The van der Waals surface area contributed by atoms with E-state index in [2.05, 4.69) is 0 Å². The van der Waals surface area contributed by atoms with E-state index in [0.29, 0.717) is 0 Å². The fourth-order valence-electron chi connectivity index (χ4n) is 0.955. The molecule has 0 spiro atoms. The van der Waals surface area contributed by atoms with Crippen molar-refractivity contribution in [2.45, 2.75) is 0 Å². The Balaban J connectivity index is 0. The van der Waals surface area contributed by atoms with Gasteiger partial charge in [-0.05, 0) is 44.2 Å². The maximum atomic E-state index is 10.3. The molecule has 1 aromatic carbocycles. The van der Waals surface area contributed by atoms with Crippen molar-refractivity contribution < 1.29 is 52.2 Å². The largest absolute Gasteiger partial charge is 2.00 e. The van der Waals surface area contributed by atoms with Gasteiger partial charge in [-0.2, -0.15) is 0 Å². The maximum Gasteiger partial charge on any atom is 2.00 e. The molecule has 0 aromatic heterocycles. The van der Waals surface area contributed by atoms with Crippen LogP contribution in [0, 0.1) is 32.1 Å². The van der Waals surface area contributed by atoms with E-state index in [-0.39, 0.29) is 27.7 Å². The van der Waals surface area contributed by atoms with Crippen molar-refractivity contribution in [1.29, 1.82) is 0 Å². The van der Waals surface area contributed by atoms with Gasteiger partial charge in [0, 0.05) is 0 Å². The number of rotatable bonds is 1. The zero-order valence-corrected chi connectivity index (χ0v) is 13.8. The second-order valence-electron chi connectivity index (χ2n) is 3.71. The van der Waals surface area contributed by atoms with Crippen LogP contribution in [0.2, 0.25) is 5.02 Å². The molecule has 1 fully saturated rings. The van der Waals surface area contributed by atoms with Crippen molar-refractivity contribution in [1.82, 2.24) is 0 Å². The van der Waals surface area contributed by atoms with Crippen LogP contribution in [-0.2, 0) is 17.1 Å². The molecule has 0 bridgehead atoms. The molecule has 23 heavy (non-hydrogen) atoms. The SMILES string of the molecule is F[P-](F)(F)(F)(F)F.O=C(O)c1ccccc1Cl.[CH]1[CH][CH][CH][CH]1.[Fe+2]. The standard InChI is InChI=1S/C7H5ClO2.C5H5.F6P.Fe/c8-6-4-2-1-3-5(6)7(9)10;1-2-4-5-3-1;1-7(2,3,4,5)6;/h1-4H,(H,9,10);1-5H;;/q;;-1;+2. The first-order valence-electron chi connectivity index (χ1n) is 5.37. The van der Waals surface area contributed by atoms with E-state index >= 15 is 0 Å². The first kappa shape index (κ1) is 24.8. The molecule has 0 amide bonds. The number of carboxylic acid groups (broad SMARTS) is 1. The molecule has 1 aliphatic carbocycles. The summed E-state index contributed by atoms with van der Waals surface area (Å²) in [5, 5.41) is 8.75. The Morgan fingerprint density at radius 2 is 1.17 bits per heavy atom. The molecule has 1 N–H and O–H groups in total. The van der Waals surface area contributed by atoms with Crippen LogP contribution in [0.1, 0.15) is 10.4 Å². The van der Waals surface area contributed by atoms with Crippen LogP contribution in [0.25, 0.3) is 0 Å². The van der Waals surface area contributed by atoms with Gasteiger partial charge in [-0.15, -0.1) is 0 Å². The summed E-state index contributed by atoms with van der Waals surface area (Å²) in [5.74, 6) is -0.995. The number of halogens is 7. The molecule has 11 heteroatoms. The van der Waals surface area contributed by atoms with Gasteiger partial charge in [-0.25, -0.2) is 4.79 Å². The minimum atomic E-state index is -10.7. The van der Waals surface area contributed by atoms with Crippen LogP contribution < -0.4 is 0 Å². The fourth-order valence-corrected chi connectivity index (χ4v) is 1.17. The number of carboxylic acids is 1. The average Bonchev–Trinajstić information content (AvgIpc) is 2.83. The van der Waals surface area contributed by atoms with E-state index in [9.17, 15) is 30.0 Å². The van der Waals surface area contributed by atoms with Gasteiger partial charge < -0.3 is 5.11 Å². The Labute approximate surface area is 144 Å². The van der Waals surface area contributed by atoms with Crippen LogP contribution >= 0.6 is 19.4 Å². The topological polar surface area (TPSA) is 37.3 Å². The third-order valence-electron chi connectivity index (χ3n) is 1.66. The summed E-state index contributed by atoms with van der Waals surface area (Å²) in [5.41, 5.74) is 0.143. The Kier molecular flexibility index (Phi) is 9.22. The molecule has 131 valence electrons. The molecule has 1 saturated carbocycles. The summed E-state index contributed by atoms with van der Waals surface area (Å²) < 4.78 is 59.2. The summed E-state index contributed by atoms with van der Waals surface area (Å²) in [6.07, 6.45) is 10.0. The molecule has 0 unspecified atom stereocenters. The molecule has 2 nitrogen and oxygen atoms in total. The normalized spacial score (nSPS) is 16.3. The zero-order chi connectivity index (χ0) is 17.5. The van der Waals surface area contributed by atoms with Crippen LogP contribution in [-0.4, -0.2) is 11.1 Å². The molecule has 1 aliphatic rings. The summed E-state index contributed by atoms with van der Waals surface area (Å²) >= 11 is 5.54. The molecule has 5 radical (unpaired) electrons. The second-order valence-corrected chi connectivity index (χ2v) is 6.03. The molecule has 2 rings (SSSR count). The Hall–Kier alpha value is -0.491. The van der Waals surface area contributed by atoms with Gasteiger partial charge in [0.1, 0.15) is 0 Å².